The van der Waals surface area contributed by atoms with Crippen LogP contribution < -0.4 is 5.19 Å². The molecule has 1 rings (SSSR count). The van der Waals surface area contributed by atoms with Gasteiger partial charge in [0.25, 0.3) is 0 Å². The van der Waals surface area contributed by atoms with Gasteiger partial charge in [-0.3, -0.25) is 4.79 Å². The first-order valence-corrected chi connectivity index (χ1v) is 10.4. The summed E-state index contributed by atoms with van der Waals surface area (Å²) in [5, 5.41) is 1.35. The van der Waals surface area contributed by atoms with Crippen molar-refractivity contribution < 1.29 is 9.53 Å². The Hall–Kier alpha value is -1.61. The summed E-state index contributed by atoms with van der Waals surface area (Å²) in [5.74, 6) is -0.305. The smallest absolute Gasteiger partial charge is 0.309 e. The Morgan fingerprint density at radius 3 is 2.43 bits per heavy atom. The van der Waals surface area contributed by atoms with E-state index in [-0.39, 0.29) is 17.4 Å². The molecule has 0 heterocycles. The van der Waals surface area contributed by atoms with Crippen LogP contribution in [0.5, 0.6) is 0 Å². The highest BCUT2D eigenvalue weighted by Crippen LogP contribution is 2.34. The molecular weight excluding hydrogens is 276 g/mol. The van der Waals surface area contributed by atoms with Crippen LogP contribution in [0.2, 0.25) is 18.6 Å². The molecule has 3 heteroatoms. The summed E-state index contributed by atoms with van der Waals surface area (Å²) < 4.78 is 5.02. The number of carbonyl (C=O) groups is 1. The van der Waals surface area contributed by atoms with Crippen molar-refractivity contribution in [2.75, 3.05) is 7.11 Å². The van der Waals surface area contributed by atoms with E-state index in [0.29, 0.717) is 6.42 Å². The zero-order valence-electron chi connectivity index (χ0n) is 13.5. The average molecular weight is 302 g/mol. The lowest BCUT2D eigenvalue weighted by Crippen LogP contribution is -2.49. The molecule has 0 aliphatic heterocycles. The molecule has 0 spiro atoms. The number of allylic oxidation sites excluding steroid dienone is 3. The first kappa shape index (κ1) is 17.4. The summed E-state index contributed by atoms with van der Waals surface area (Å²) in [6, 6.07) is 10.5. The van der Waals surface area contributed by atoms with Gasteiger partial charge in [-0.25, -0.2) is 0 Å². The summed E-state index contributed by atoms with van der Waals surface area (Å²) in [7, 11) is -0.384. The second-order valence-electron chi connectivity index (χ2n) is 5.79. The topological polar surface area (TPSA) is 26.3 Å². The minimum Gasteiger partial charge on any atom is -0.469 e. The van der Waals surface area contributed by atoms with Crippen LogP contribution in [-0.4, -0.2) is 21.2 Å². The highest BCUT2D eigenvalue weighted by atomic mass is 28.3. The van der Waals surface area contributed by atoms with E-state index in [2.05, 4.69) is 50.0 Å². The maximum atomic E-state index is 12.2. The third-order valence-electron chi connectivity index (χ3n) is 4.11. The second kappa shape index (κ2) is 7.98. The number of esters is 1. The van der Waals surface area contributed by atoms with Crippen LogP contribution >= 0.6 is 0 Å². The third-order valence-corrected chi connectivity index (χ3v) is 8.19. The Morgan fingerprint density at radius 2 is 1.95 bits per heavy atom. The fourth-order valence-electron chi connectivity index (χ4n) is 2.87. The van der Waals surface area contributed by atoms with E-state index >= 15 is 0 Å². The lowest BCUT2D eigenvalue weighted by atomic mass is 10.0. The summed E-state index contributed by atoms with van der Waals surface area (Å²) >= 11 is 0. The molecule has 0 bridgehead atoms. The molecule has 21 heavy (non-hydrogen) atoms. The van der Waals surface area contributed by atoms with Crippen molar-refractivity contribution in [2.45, 2.75) is 32.0 Å². The highest BCUT2D eigenvalue weighted by Gasteiger charge is 2.40. The summed E-state index contributed by atoms with van der Waals surface area (Å²) in [6.07, 6.45) is 6.67. The fourth-order valence-corrected chi connectivity index (χ4v) is 6.25. The quantitative estimate of drug-likeness (QED) is 0.433. The number of benzene rings is 1. The van der Waals surface area contributed by atoms with Crippen LogP contribution in [0.3, 0.4) is 0 Å². The predicted octanol–water partition coefficient (Wildman–Crippen LogP) is 3.91. The van der Waals surface area contributed by atoms with Gasteiger partial charge in [0.1, 0.15) is 0 Å². The maximum absolute atomic E-state index is 12.2. The number of ether oxygens (including phenoxy) is 1. The first-order valence-electron chi connectivity index (χ1n) is 7.36. The van der Waals surface area contributed by atoms with Gasteiger partial charge in [0.2, 0.25) is 0 Å². The molecule has 114 valence electrons. The van der Waals surface area contributed by atoms with Gasteiger partial charge >= 0.3 is 5.97 Å². The molecule has 0 fully saturated rings. The molecule has 2 nitrogen and oxygen atoms in total. The number of rotatable bonds is 7. The van der Waals surface area contributed by atoms with Crippen LogP contribution in [0.4, 0.5) is 0 Å². The normalized spacial score (nSPS) is 14.7. The van der Waals surface area contributed by atoms with Gasteiger partial charge in [-0.05, 0) is 18.9 Å². The van der Waals surface area contributed by atoms with Crippen molar-refractivity contribution in [2.24, 2.45) is 5.92 Å². The third kappa shape index (κ3) is 4.18. The lowest BCUT2D eigenvalue weighted by Gasteiger charge is -2.35. The number of carbonyl (C=O) groups excluding carboxylic acids is 1. The Morgan fingerprint density at radius 1 is 1.33 bits per heavy atom. The van der Waals surface area contributed by atoms with E-state index in [9.17, 15) is 4.79 Å². The zero-order chi connectivity index (χ0) is 15.9. The molecule has 0 unspecified atom stereocenters. The summed E-state index contributed by atoms with van der Waals surface area (Å²) in [6.45, 7) is 10.4. The van der Waals surface area contributed by atoms with E-state index in [1.54, 1.807) is 0 Å². The summed E-state index contributed by atoms with van der Waals surface area (Å²) in [4.78, 5) is 12.2. The van der Waals surface area contributed by atoms with Gasteiger partial charge in [-0.15, -0.1) is 6.58 Å². The van der Waals surface area contributed by atoms with Crippen molar-refractivity contribution in [1.82, 2.24) is 0 Å². The van der Waals surface area contributed by atoms with Gasteiger partial charge < -0.3 is 4.74 Å². The zero-order valence-corrected chi connectivity index (χ0v) is 14.5. The molecular formula is C18H26O2Si. The number of hydrogen-bond donors (Lipinski definition) is 0. The summed E-state index contributed by atoms with van der Waals surface area (Å²) in [5.41, 5.74) is 0.190. The highest BCUT2D eigenvalue weighted by molar-refractivity contribution is 6.91. The molecule has 0 saturated heterocycles. The Bertz CT molecular complexity index is 491. The molecule has 1 aromatic rings. The predicted molar refractivity (Wildman–Crippen MR) is 92.4 cm³/mol. The fraction of sp³-hybridized carbons (Fsp3) is 0.389. The van der Waals surface area contributed by atoms with E-state index in [1.807, 2.05) is 25.1 Å². The average Bonchev–Trinajstić information content (AvgIpc) is 2.50. The molecule has 0 amide bonds. The van der Waals surface area contributed by atoms with Gasteiger partial charge in [0, 0.05) is 0 Å². The van der Waals surface area contributed by atoms with E-state index in [1.165, 1.54) is 12.3 Å². The van der Waals surface area contributed by atoms with E-state index < -0.39 is 8.07 Å². The molecule has 1 aromatic carbocycles. The van der Waals surface area contributed by atoms with Crippen LogP contribution in [0.15, 0.2) is 55.1 Å². The van der Waals surface area contributed by atoms with Crippen molar-refractivity contribution in [3.8, 4) is 0 Å². The monoisotopic (exact) mass is 302 g/mol. The molecule has 0 saturated carbocycles. The molecule has 0 N–H and O–H groups in total. The van der Waals surface area contributed by atoms with Crippen molar-refractivity contribution >= 4 is 19.2 Å². The first-order chi connectivity index (χ1) is 9.98. The van der Waals surface area contributed by atoms with Crippen LogP contribution in [0.1, 0.15) is 13.3 Å². The van der Waals surface area contributed by atoms with Crippen molar-refractivity contribution in [3.05, 3.63) is 55.1 Å². The Balaban J connectivity index is 3.25. The largest absolute Gasteiger partial charge is 0.469 e. The van der Waals surface area contributed by atoms with Crippen molar-refractivity contribution in [3.63, 3.8) is 0 Å². The van der Waals surface area contributed by atoms with Crippen LogP contribution in [0.25, 0.3) is 0 Å². The van der Waals surface area contributed by atoms with Crippen LogP contribution in [0, 0.1) is 5.92 Å². The minimum atomic E-state index is -1.84. The molecule has 0 radical (unpaired) electrons. The standard InChI is InChI=1S/C18H26O2Si/c1-6-11-16(18(19)20-3)17(12-7-2)21(4,5)15-13-9-8-10-14-15/h6-10,12-14,16-17H,1,11H2,2-5H3/b12-7+/t16-,17-/m0/s1. The lowest BCUT2D eigenvalue weighted by molar-refractivity contribution is -0.145. The van der Waals surface area contributed by atoms with Gasteiger partial charge in [0.05, 0.1) is 21.1 Å². The SMILES string of the molecule is C=CC[C@H](C(=O)OC)[C@H](/C=C/C)[Si](C)(C)c1ccccc1. The van der Waals surface area contributed by atoms with Gasteiger partial charge in [0.15, 0.2) is 0 Å². The molecule has 2 atom stereocenters. The van der Waals surface area contributed by atoms with E-state index in [4.69, 9.17) is 4.74 Å². The van der Waals surface area contributed by atoms with Gasteiger partial charge in [-0.2, -0.15) is 0 Å². The minimum absolute atomic E-state index is 0.144. The molecule has 0 aromatic heterocycles. The number of methoxy groups -OCH3 is 1. The van der Waals surface area contributed by atoms with Crippen molar-refractivity contribution in [1.29, 1.82) is 0 Å². The Labute approximate surface area is 129 Å². The number of hydrogen-bond acceptors (Lipinski definition) is 2. The Kier molecular flexibility index (Phi) is 6.63. The van der Waals surface area contributed by atoms with Gasteiger partial charge in [-0.1, -0.05) is 66.8 Å². The van der Waals surface area contributed by atoms with E-state index in [0.717, 1.165) is 0 Å². The maximum Gasteiger partial charge on any atom is 0.309 e. The van der Waals surface area contributed by atoms with Crippen LogP contribution in [-0.2, 0) is 9.53 Å². The molecule has 0 aliphatic rings. The molecule has 0 aliphatic carbocycles. The second-order valence-corrected chi connectivity index (χ2v) is 10.5.